The molecule has 0 unspecified atom stereocenters. The molecule has 1 aromatic heterocycles. The maximum Gasteiger partial charge on any atom is 0.270 e. The molecule has 164 valence electrons. The summed E-state index contributed by atoms with van der Waals surface area (Å²) < 4.78 is 0. The summed E-state index contributed by atoms with van der Waals surface area (Å²) in [5.41, 5.74) is 2.34. The first kappa shape index (κ1) is 24.1. The molecular formula is C24H35N3O2S. The number of amides is 2. The second-order valence-corrected chi connectivity index (χ2v) is 10.6. The van der Waals surface area contributed by atoms with Crippen molar-refractivity contribution in [2.24, 2.45) is 11.8 Å². The van der Waals surface area contributed by atoms with Crippen LogP contribution in [0.4, 0.5) is 0 Å². The van der Waals surface area contributed by atoms with E-state index < -0.39 is 0 Å². The van der Waals surface area contributed by atoms with Gasteiger partial charge in [-0.1, -0.05) is 60.6 Å². The van der Waals surface area contributed by atoms with Crippen LogP contribution in [0, 0.1) is 11.8 Å². The molecule has 0 spiro atoms. The molecule has 0 aliphatic rings. The standard InChI is InChI=1S/C24H35N3O2S/c1-16(2)12-25-22(28)20-15-30-21(26-20)14-27(13-17(3)4)23(29)18-8-10-19(11-9-18)24(5,6)7/h8-11,15-17H,12-14H2,1-7H3,(H,25,28). The van der Waals surface area contributed by atoms with Gasteiger partial charge < -0.3 is 10.2 Å². The van der Waals surface area contributed by atoms with Gasteiger partial charge in [-0.05, 0) is 34.9 Å². The Kier molecular flexibility index (Phi) is 8.18. The summed E-state index contributed by atoms with van der Waals surface area (Å²) in [5.74, 6) is 0.545. The van der Waals surface area contributed by atoms with Crippen molar-refractivity contribution >= 4 is 23.2 Å². The Hall–Kier alpha value is -2.21. The van der Waals surface area contributed by atoms with Gasteiger partial charge in [0.1, 0.15) is 10.7 Å². The molecule has 1 aromatic carbocycles. The molecule has 0 aliphatic carbocycles. The summed E-state index contributed by atoms with van der Waals surface area (Å²) in [6.45, 7) is 16.4. The fourth-order valence-corrected chi connectivity index (χ4v) is 3.78. The molecule has 1 N–H and O–H groups in total. The molecule has 5 nitrogen and oxygen atoms in total. The van der Waals surface area contributed by atoms with E-state index in [1.54, 1.807) is 5.38 Å². The minimum absolute atomic E-state index is 0.00910. The van der Waals surface area contributed by atoms with Crippen molar-refractivity contribution in [3.63, 3.8) is 0 Å². The van der Waals surface area contributed by atoms with Crippen molar-refractivity contribution < 1.29 is 9.59 Å². The normalized spacial score (nSPS) is 11.8. The first-order valence-electron chi connectivity index (χ1n) is 10.6. The van der Waals surface area contributed by atoms with Crippen molar-refractivity contribution in [1.29, 1.82) is 0 Å². The van der Waals surface area contributed by atoms with Crippen molar-refractivity contribution in [3.8, 4) is 0 Å². The van der Waals surface area contributed by atoms with Crippen molar-refractivity contribution in [2.45, 2.75) is 60.4 Å². The molecular weight excluding hydrogens is 394 g/mol. The first-order valence-corrected chi connectivity index (χ1v) is 11.5. The number of hydrogen-bond acceptors (Lipinski definition) is 4. The molecule has 6 heteroatoms. The number of carbonyl (C=O) groups excluding carboxylic acids is 2. The summed E-state index contributed by atoms with van der Waals surface area (Å²) >= 11 is 1.42. The molecule has 0 aliphatic heterocycles. The van der Waals surface area contributed by atoms with Gasteiger partial charge in [0.2, 0.25) is 0 Å². The van der Waals surface area contributed by atoms with E-state index in [-0.39, 0.29) is 17.2 Å². The van der Waals surface area contributed by atoms with Gasteiger partial charge in [0.25, 0.3) is 11.8 Å². The lowest BCUT2D eigenvalue weighted by molar-refractivity contribution is 0.0722. The molecule has 2 rings (SSSR count). The van der Waals surface area contributed by atoms with E-state index in [0.717, 1.165) is 5.01 Å². The van der Waals surface area contributed by atoms with Crippen molar-refractivity contribution in [1.82, 2.24) is 15.2 Å². The Morgan fingerprint density at radius 3 is 2.23 bits per heavy atom. The smallest absolute Gasteiger partial charge is 0.270 e. The summed E-state index contributed by atoms with van der Waals surface area (Å²) in [5, 5.41) is 5.42. The van der Waals surface area contributed by atoms with E-state index in [1.807, 2.05) is 29.2 Å². The zero-order valence-corrected chi connectivity index (χ0v) is 20.1. The molecule has 0 radical (unpaired) electrons. The minimum Gasteiger partial charge on any atom is -0.350 e. The molecule has 0 bridgehead atoms. The fraction of sp³-hybridized carbons (Fsp3) is 0.542. The van der Waals surface area contributed by atoms with Crippen molar-refractivity contribution in [2.75, 3.05) is 13.1 Å². The first-order chi connectivity index (χ1) is 14.0. The Morgan fingerprint density at radius 2 is 1.70 bits per heavy atom. The van der Waals surface area contributed by atoms with Gasteiger partial charge in [-0.3, -0.25) is 9.59 Å². The second kappa shape index (κ2) is 10.2. The SMILES string of the molecule is CC(C)CNC(=O)c1csc(CN(CC(C)C)C(=O)c2ccc(C(C)(C)C)cc2)n1. The topological polar surface area (TPSA) is 62.3 Å². The third-order valence-electron chi connectivity index (χ3n) is 4.65. The van der Waals surface area contributed by atoms with Crippen LogP contribution in [0.2, 0.25) is 0 Å². The Morgan fingerprint density at radius 1 is 1.07 bits per heavy atom. The predicted octanol–water partition coefficient (Wildman–Crippen LogP) is 5.12. The lowest BCUT2D eigenvalue weighted by Gasteiger charge is -2.24. The zero-order chi connectivity index (χ0) is 22.5. The molecule has 2 amide bonds. The number of aromatic nitrogens is 1. The minimum atomic E-state index is -0.161. The maximum absolute atomic E-state index is 13.2. The average Bonchev–Trinajstić information content (AvgIpc) is 3.12. The second-order valence-electron chi connectivity index (χ2n) is 9.64. The van der Waals surface area contributed by atoms with E-state index in [2.05, 4.69) is 58.8 Å². The van der Waals surface area contributed by atoms with Gasteiger partial charge in [0.05, 0.1) is 6.54 Å². The Labute approximate surface area is 184 Å². The van der Waals surface area contributed by atoms with E-state index in [4.69, 9.17) is 0 Å². The van der Waals surface area contributed by atoms with Gasteiger partial charge >= 0.3 is 0 Å². The summed E-state index contributed by atoms with van der Waals surface area (Å²) in [7, 11) is 0. The van der Waals surface area contributed by atoms with E-state index in [9.17, 15) is 9.59 Å². The molecule has 0 saturated heterocycles. The van der Waals surface area contributed by atoms with E-state index in [0.29, 0.717) is 42.7 Å². The number of benzene rings is 1. The number of thiazole rings is 1. The van der Waals surface area contributed by atoms with Crippen LogP contribution in [-0.4, -0.2) is 34.8 Å². The number of hydrogen-bond donors (Lipinski definition) is 1. The molecule has 0 atom stereocenters. The van der Waals surface area contributed by atoms with Gasteiger partial charge in [-0.25, -0.2) is 4.98 Å². The van der Waals surface area contributed by atoms with E-state index >= 15 is 0 Å². The third kappa shape index (κ3) is 6.94. The van der Waals surface area contributed by atoms with Crippen LogP contribution in [0.1, 0.15) is 79.9 Å². The summed E-state index contributed by atoms with van der Waals surface area (Å²) in [6.07, 6.45) is 0. The van der Waals surface area contributed by atoms with Crippen LogP contribution >= 0.6 is 11.3 Å². The van der Waals surface area contributed by atoms with Gasteiger partial charge in [0.15, 0.2) is 0 Å². The van der Waals surface area contributed by atoms with Crippen LogP contribution in [0.15, 0.2) is 29.6 Å². The molecule has 0 saturated carbocycles. The van der Waals surface area contributed by atoms with Gasteiger partial charge in [0, 0.05) is 24.0 Å². The number of nitrogens with one attached hydrogen (secondary N) is 1. The van der Waals surface area contributed by atoms with Crippen LogP contribution in [0.5, 0.6) is 0 Å². The van der Waals surface area contributed by atoms with Crippen LogP contribution in [0.25, 0.3) is 0 Å². The Balaban J connectivity index is 2.14. The highest BCUT2D eigenvalue weighted by atomic mass is 32.1. The molecule has 30 heavy (non-hydrogen) atoms. The lowest BCUT2D eigenvalue weighted by Crippen LogP contribution is -2.34. The number of rotatable bonds is 8. The fourth-order valence-electron chi connectivity index (χ4n) is 2.99. The highest BCUT2D eigenvalue weighted by molar-refractivity contribution is 7.09. The molecule has 0 fully saturated rings. The number of nitrogens with zero attached hydrogens (tertiary/aromatic N) is 2. The summed E-state index contributed by atoms with van der Waals surface area (Å²) in [4.78, 5) is 31.7. The van der Waals surface area contributed by atoms with Crippen LogP contribution < -0.4 is 5.32 Å². The highest BCUT2D eigenvalue weighted by Gasteiger charge is 2.21. The van der Waals surface area contributed by atoms with E-state index in [1.165, 1.54) is 16.9 Å². The largest absolute Gasteiger partial charge is 0.350 e. The Bertz CT molecular complexity index is 848. The quantitative estimate of drug-likeness (QED) is 0.633. The van der Waals surface area contributed by atoms with Crippen molar-refractivity contribution in [3.05, 3.63) is 51.5 Å². The lowest BCUT2D eigenvalue weighted by atomic mass is 9.86. The van der Waals surface area contributed by atoms with Crippen LogP contribution in [-0.2, 0) is 12.0 Å². The van der Waals surface area contributed by atoms with Crippen LogP contribution in [0.3, 0.4) is 0 Å². The molecule has 2 aromatic rings. The average molecular weight is 430 g/mol. The number of carbonyl (C=O) groups is 2. The predicted molar refractivity (Wildman–Crippen MR) is 124 cm³/mol. The zero-order valence-electron chi connectivity index (χ0n) is 19.3. The summed E-state index contributed by atoms with van der Waals surface area (Å²) in [6, 6.07) is 7.87. The third-order valence-corrected chi connectivity index (χ3v) is 5.49. The maximum atomic E-state index is 13.2. The molecule has 1 heterocycles. The monoisotopic (exact) mass is 429 g/mol. The van der Waals surface area contributed by atoms with Gasteiger partial charge in [-0.15, -0.1) is 11.3 Å². The highest BCUT2D eigenvalue weighted by Crippen LogP contribution is 2.23. The van der Waals surface area contributed by atoms with Gasteiger partial charge in [-0.2, -0.15) is 0 Å².